The Morgan fingerprint density at radius 3 is 2.06 bits per heavy atom. The Balaban J connectivity index is 1.79. The summed E-state index contributed by atoms with van der Waals surface area (Å²) in [5.74, 6) is -2.26. The lowest BCUT2D eigenvalue weighted by Crippen LogP contribution is -2.31. The van der Waals surface area contributed by atoms with Crippen molar-refractivity contribution in [1.82, 2.24) is 9.78 Å². The highest BCUT2D eigenvalue weighted by molar-refractivity contribution is 7.90. The molecule has 182 valence electrons. The molecule has 0 aliphatic rings. The maximum absolute atomic E-state index is 13.6. The van der Waals surface area contributed by atoms with Gasteiger partial charge < -0.3 is 5.11 Å². The maximum Gasteiger partial charge on any atom is 0.335 e. The summed E-state index contributed by atoms with van der Waals surface area (Å²) in [5, 5.41) is 13.1. The summed E-state index contributed by atoms with van der Waals surface area (Å²) in [6.07, 6.45) is 2.19. The fraction of sp³-hybridized carbons (Fsp3) is 0.0769. The van der Waals surface area contributed by atoms with Gasteiger partial charge in [0.1, 0.15) is 5.82 Å². The second kappa shape index (κ2) is 9.67. The van der Waals surface area contributed by atoms with Crippen LogP contribution < -0.4 is 5.56 Å². The molecule has 0 atom stereocenters. The highest BCUT2D eigenvalue weighted by atomic mass is 32.2. The minimum Gasteiger partial charge on any atom is -0.478 e. The first-order chi connectivity index (χ1) is 17.0. The van der Waals surface area contributed by atoms with Crippen LogP contribution in [0.25, 0.3) is 22.3 Å². The Hall–Kier alpha value is -4.44. The van der Waals surface area contributed by atoms with E-state index < -0.39 is 33.1 Å². The molecule has 0 saturated carbocycles. The van der Waals surface area contributed by atoms with E-state index in [1.165, 1.54) is 79.0 Å². The van der Waals surface area contributed by atoms with E-state index in [-0.39, 0.29) is 22.4 Å². The van der Waals surface area contributed by atoms with Crippen LogP contribution in [-0.4, -0.2) is 41.4 Å². The van der Waals surface area contributed by atoms with Gasteiger partial charge in [-0.1, -0.05) is 36.4 Å². The van der Waals surface area contributed by atoms with Gasteiger partial charge in [-0.2, -0.15) is 9.78 Å². The van der Waals surface area contributed by atoms with Gasteiger partial charge in [-0.25, -0.2) is 17.6 Å². The highest BCUT2D eigenvalue weighted by Crippen LogP contribution is 2.29. The van der Waals surface area contributed by atoms with E-state index in [1.54, 1.807) is 0 Å². The number of carboxylic acids is 1. The Morgan fingerprint density at radius 1 is 0.917 bits per heavy atom. The first-order valence-electron chi connectivity index (χ1n) is 10.6. The first kappa shape index (κ1) is 24.7. The predicted octanol–water partition coefficient (Wildman–Crippen LogP) is 3.70. The third-order valence-corrected chi connectivity index (χ3v) is 6.63. The molecule has 4 rings (SSSR count). The molecule has 3 aromatic carbocycles. The molecule has 4 aromatic rings. The summed E-state index contributed by atoms with van der Waals surface area (Å²) in [7, 11) is -3.43. The lowest BCUT2D eigenvalue weighted by Gasteiger charge is -2.12. The van der Waals surface area contributed by atoms with E-state index in [9.17, 15) is 27.2 Å². The monoisotopic (exact) mass is 506 g/mol. The number of sulfone groups is 1. The zero-order valence-electron chi connectivity index (χ0n) is 18.9. The summed E-state index contributed by atoms with van der Waals surface area (Å²) in [5.41, 5.74) is 1.06. The molecule has 8 nitrogen and oxygen atoms in total. The van der Waals surface area contributed by atoms with Gasteiger partial charge in [-0.3, -0.25) is 9.59 Å². The topological polar surface area (TPSA) is 123 Å². The Labute approximate surface area is 205 Å². The van der Waals surface area contributed by atoms with Crippen molar-refractivity contribution in [2.75, 3.05) is 6.26 Å². The van der Waals surface area contributed by atoms with Crippen LogP contribution in [0.5, 0.6) is 0 Å². The second-order valence-electron chi connectivity index (χ2n) is 8.03. The summed E-state index contributed by atoms with van der Waals surface area (Å²) < 4.78 is 37.9. The van der Waals surface area contributed by atoms with Gasteiger partial charge in [0.15, 0.2) is 9.84 Å². The molecule has 0 bridgehead atoms. The maximum atomic E-state index is 13.6. The van der Waals surface area contributed by atoms with Crippen LogP contribution in [0.3, 0.4) is 0 Å². The largest absolute Gasteiger partial charge is 0.478 e. The standard InChI is InChI=1S/C26H19FN2O6S/c1-36(34,35)21-12-8-17(9-13-21)22-15-28-29(25(31)24(22)18-6-10-20(27)11-7-18)23(30)14-16-2-4-19(5-3-16)26(32)33/h2-13,15H,14H2,1H3,(H,32,33). The molecule has 0 aliphatic heterocycles. The Kier molecular flexibility index (Phi) is 6.63. The molecule has 0 amide bonds. The highest BCUT2D eigenvalue weighted by Gasteiger charge is 2.20. The third kappa shape index (κ3) is 5.13. The van der Waals surface area contributed by atoms with Crippen LogP contribution in [0.15, 0.2) is 88.7 Å². The summed E-state index contributed by atoms with van der Waals surface area (Å²) >= 11 is 0. The molecule has 36 heavy (non-hydrogen) atoms. The molecule has 1 N–H and O–H groups in total. The SMILES string of the molecule is CS(=O)(=O)c1ccc(-c2cnn(C(=O)Cc3ccc(C(=O)O)cc3)c(=O)c2-c2ccc(F)cc2)cc1. The van der Waals surface area contributed by atoms with Crippen LogP contribution in [0, 0.1) is 5.82 Å². The quantitative estimate of drug-likeness (QED) is 0.423. The summed E-state index contributed by atoms with van der Waals surface area (Å²) in [4.78, 5) is 37.5. The smallest absolute Gasteiger partial charge is 0.335 e. The number of carbonyl (C=O) groups excluding carboxylic acids is 1. The number of nitrogens with zero attached hydrogens (tertiary/aromatic N) is 2. The van der Waals surface area contributed by atoms with Gasteiger partial charge in [0.05, 0.1) is 28.6 Å². The van der Waals surface area contributed by atoms with Crippen LogP contribution in [0.1, 0.15) is 20.7 Å². The fourth-order valence-corrected chi connectivity index (χ4v) is 4.27. The number of rotatable bonds is 6. The van der Waals surface area contributed by atoms with Gasteiger partial charge in [0, 0.05) is 11.8 Å². The van der Waals surface area contributed by atoms with E-state index in [1.807, 2.05) is 0 Å². The number of hydrogen-bond acceptors (Lipinski definition) is 6. The zero-order valence-corrected chi connectivity index (χ0v) is 19.7. The van der Waals surface area contributed by atoms with E-state index in [0.29, 0.717) is 26.9 Å². The van der Waals surface area contributed by atoms with Gasteiger partial charge in [0.2, 0.25) is 0 Å². The molecule has 0 saturated heterocycles. The van der Waals surface area contributed by atoms with E-state index in [4.69, 9.17) is 5.11 Å². The molecule has 0 unspecified atom stereocenters. The number of aromatic carboxylic acids is 1. The zero-order chi connectivity index (χ0) is 26.0. The number of benzene rings is 3. The lowest BCUT2D eigenvalue weighted by atomic mass is 9.97. The van der Waals surface area contributed by atoms with Crippen molar-refractivity contribution in [3.63, 3.8) is 0 Å². The average Bonchev–Trinajstić information content (AvgIpc) is 2.84. The van der Waals surface area contributed by atoms with Crippen molar-refractivity contribution in [2.24, 2.45) is 0 Å². The van der Waals surface area contributed by atoms with Crippen molar-refractivity contribution in [3.8, 4) is 22.3 Å². The molecule has 1 aromatic heterocycles. The number of hydrogen-bond donors (Lipinski definition) is 1. The van der Waals surface area contributed by atoms with E-state index in [2.05, 4.69) is 5.10 Å². The van der Waals surface area contributed by atoms with Gasteiger partial charge in [0.25, 0.3) is 11.5 Å². The minimum atomic E-state index is -3.43. The molecular weight excluding hydrogens is 487 g/mol. The van der Waals surface area contributed by atoms with Crippen LogP contribution in [-0.2, 0) is 16.3 Å². The molecule has 0 fully saturated rings. The Morgan fingerprint density at radius 2 is 1.50 bits per heavy atom. The number of aromatic nitrogens is 2. The van der Waals surface area contributed by atoms with E-state index in [0.717, 1.165) is 6.26 Å². The molecule has 1 heterocycles. The Bertz CT molecular complexity index is 1630. The van der Waals surface area contributed by atoms with Crippen LogP contribution in [0.2, 0.25) is 0 Å². The van der Waals surface area contributed by atoms with Crippen LogP contribution in [0.4, 0.5) is 4.39 Å². The second-order valence-corrected chi connectivity index (χ2v) is 10.0. The van der Waals surface area contributed by atoms with E-state index >= 15 is 0 Å². The molecule has 0 radical (unpaired) electrons. The number of halogens is 1. The molecule has 0 aliphatic carbocycles. The summed E-state index contributed by atoms with van der Waals surface area (Å²) in [6.45, 7) is 0. The minimum absolute atomic E-state index is 0.0614. The van der Waals surface area contributed by atoms with Crippen molar-refractivity contribution < 1.29 is 27.5 Å². The molecular formula is C26H19FN2O6S. The predicted molar refractivity (Wildman–Crippen MR) is 130 cm³/mol. The molecule has 0 spiro atoms. The summed E-state index contributed by atoms with van der Waals surface area (Å²) in [6, 6.07) is 16.7. The third-order valence-electron chi connectivity index (χ3n) is 5.50. The van der Waals surface area contributed by atoms with Crippen molar-refractivity contribution in [1.29, 1.82) is 0 Å². The van der Waals surface area contributed by atoms with Crippen LogP contribution >= 0.6 is 0 Å². The van der Waals surface area contributed by atoms with Crippen molar-refractivity contribution >= 4 is 21.7 Å². The van der Waals surface area contributed by atoms with Gasteiger partial charge in [-0.05, 0) is 53.1 Å². The molecule has 10 heteroatoms. The van der Waals surface area contributed by atoms with Crippen molar-refractivity contribution in [3.05, 3.63) is 106 Å². The fourth-order valence-electron chi connectivity index (χ4n) is 3.64. The van der Waals surface area contributed by atoms with Crippen molar-refractivity contribution in [2.45, 2.75) is 11.3 Å². The first-order valence-corrected chi connectivity index (χ1v) is 12.5. The number of carboxylic acid groups (broad SMARTS) is 1. The lowest BCUT2D eigenvalue weighted by molar-refractivity contribution is 0.0696. The normalized spacial score (nSPS) is 11.3. The van der Waals surface area contributed by atoms with Gasteiger partial charge in [-0.15, -0.1) is 0 Å². The van der Waals surface area contributed by atoms with Gasteiger partial charge >= 0.3 is 5.97 Å². The number of carbonyl (C=O) groups is 2. The average molecular weight is 507 g/mol.